The standard InChI is InChI=1S/C11H23NO.CH4/c1-9-7-10(2,3)12(13-6)11(4,5)8-9;/h9H,7-8H2,1-6H3;1H4. The highest BCUT2D eigenvalue weighted by Gasteiger charge is 2.44. The Hall–Kier alpha value is -0.0800. The van der Waals surface area contributed by atoms with Crippen molar-refractivity contribution < 1.29 is 4.84 Å². The van der Waals surface area contributed by atoms with Crippen LogP contribution in [0.15, 0.2) is 0 Å². The van der Waals surface area contributed by atoms with E-state index in [1.54, 1.807) is 7.11 Å². The summed E-state index contributed by atoms with van der Waals surface area (Å²) in [6.07, 6.45) is 2.43. The van der Waals surface area contributed by atoms with E-state index >= 15 is 0 Å². The topological polar surface area (TPSA) is 12.5 Å². The highest BCUT2D eigenvalue weighted by Crippen LogP contribution is 2.40. The van der Waals surface area contributed by atoms with E-state index in [1.165, 1.54) is 12.8 Å². The number of hydrogen-bond donors (Lipinski definition) is 0. The molecule has 0 aromatic rings. The Morgan fingerprint density at radius 1 is 1.07 bits per heavy atom. The first-order valence-electron chi connectivity index (χ1n) is 5.14. The molecule has 0 aromatic carbocycles. The second-order valence-electron chi connectivity index (χ2n) is 5.62. The van der Waals surface area contributed by atoms with Gasteiger partial charge in [0.25, 0.3) is 0 Å². The lowest BCUT2D eigenvalue weighted by molar-refractivity contribution is -0.270. The molecule has 1 aliphatic heterocycles. The first-order valence-corrected chi connectivity index (χ1v) is 5.14. The van der Waals surface area contributed by atoms with Crippen LogP contribution < -0.4 is 0 Å². The van der Waals surface area contributed by atoms with Crippen LogP contribution in [0.2, 0.25) is 0 Å². The average molecular weight is 201 g/mol. The van der Waals surface area contributed by atoms with E-state index in [0.29, 0.717) is 0 Å². The van der Waals surface area contributed by atoms with Gasteiger partial charge in [0.05, 0.1) is 7.11 Å². The fourth-order valence-electron chi connectivity index (χ4n) is 3.26. The van der Waals surface area contributed by atoms with E-state index in [2.05, 4.69) is 39.7 Å². The van der Waals surface area contributed by atoms with E-state index in [1.807, 2.05) is 0 Å². The maximum absolute atomic E-state index is 5.50. The van der Waals surface area contributed by atoms with E-state index in [4.69, 9.17) is 4.84 Å². The quantitative estimate of drug-likeness (QED) is 0.644. The molecule has 0 aromatic heterocycles. The normalized spacial score (nSPS) is 27.0. The van der Waals surface area contributed by atoms with Gasteiger partial charge in [-0.2, -0.15) is 5.06 Å². The molecule has 2 heteroatoms. The summed E-state index contributed by atoms with van der Waals surface area (Å²) >= 11 is 0. The molecule has 0 saturated carbocycles. The average Bonchev–Trinajstić information content (AvgIpc) is 1.79. The van der Waals surface area contributed by atoms with Crippen LogP contribution in [0.4, 0.5) is 0 Å². The van der Waals surface area contributed by atoms with Gasteiger partial charge in [-0.3, -0.25) is 0 Å². The van der Waals surface area contributed by atoms with E-state index < -0.39 is 0 Å². The predicted molar refractivity (Wildman–Crippen MR) is 62.1 cm³/mol. The second-order valence-corrected chi connectivity index (χ2v) is 5.62. The minimum Gasteiger partial charge on any atom is -0.301 e. The Kier molecular flexibility index (Phi) is 4.17. The van der Waals surface area contributed by atoms with Gasteiger partial charge in [0.2, 0.25) is 0 Å². The summed E-state index contributed by atoms with van der Waals surface area (Å²) in [6, 6.07) is 0. The minimum atomic E-state index is 0. The summed E-state index contributed by atoms with van der Waals surface area (Å²) < 4.78 is 0. The summed E-state index contributed by atoms with van der Waals surface area (Å²) in [5.74, 6) is 0.788. The monoisotopic (exact) mass is 201 g/mol. The molecular formula is C12H27NO. The molecule has 1 rings (SSSR count). The Bertz CT molecular complexity index is 169. The molecule has 0 aliphatic carbocycles. The van der Waals surface area contributed by atoms with Crippen molar-refractivity contribution in [3.8, 4) is 0 Å². The van der Waals surface area contributed by atoms with Crippen LogP contribution in [-0.4, -0.2) is 23.3 Å². The van der Waals surface area contributed by atoms with Gasteiger partial charge < -0.3 is 4.84 Å². The summed E-state index contributed by atoms with van der Waals surface area (Å²) in [7, 11) is 1.78. The zero-order valence-electron chi connectivity index (χ0n) is 9.85. The lowest BCUT2D eigenvalue weighted by Crippen LogP contribution is -2.59. The molecule has 0 N–H and O–H groups in total. The highest BCUT2D eigenvalue weighted by molar-refractivity contribution is 4.95. The molecule has 1 aliphatic rings. The van der Waals surface area contributed by atoms with Gasteiger partial charge in [0.1, 0.15) is 0 Å². The Labute approximate surface area is 89.6 Å². The molecule has 0 bridgehead atoms. The number of hydroxylamine groups is 2. The van der Waals surface area contributed by atoms with Gasteiger partial charge >= 0.3 is 0 Å². The van der Waals surface area contributed by atoms with Crippen LogP contribution in [0.1, 0.15) is 54.9 Å². The van der Waals surface area contributed by atoms with Crippen molar-refractivity contribution in [2.45, 2.75) is 66.0 Å². The molecule has 0 spiro atoms. The Balaban J connectivity index is 0.00000169. The van der Waals surface area contributed by atoms with E-state index in [-0.39, 0.29) is 18.5 Å². The molecular weight excluding hydrogens is 174 g/mol. The lowest BCUT2D eigenvalue weighted by Gasteiger charge is -2.52. The molecule has 86 valence electrons. The number of hydrogen-bond acceptors (Lipinski definition) is 2. The van der Waals surface area contributed by atoms with Gasteiger partial charge in [-0.25, -0.2) is 0 Å². The van der Waals surface area contributed by atoms with Gasteiger partial charge in [-0.15, -0.1) is 0 Å². The van der Waals surface area contributed by atoms with Crippen molar-refractivity contribution in [2.75, 3.05) is 7.11 Å². The van der Waals surface area contributed by atoms with Gasteiger partial charge in [-0.05, 0) is 46.5 Å². The number of nitrogens with zero attached hydrogens (tertiary/aromatic N) is 1. The molecule has 2 nitrogen and oxygen atoms in total. The molecule has 14 heavy (non-hydrogen) atoms. The number of rotatable bonds is 1. The molecule has 0 amide bonds. The van der Waals surface area contributed by atoms with Crippen LogP contribution in [-0.2, 0) is 4.84 Å². The molecule has 1 saturated heterocycles. The van der Waals surface area contributed by atoms with E-state index in [0.717, 1.165) is 5.92 Å². The highest BCUT2D eigenvalue weighted by atomic mass is 16.7. The number of piperidine rings is 1. The maximum atomic E-state index is 5.50. The summed E-state index contributed by atoms with van der Waals surface area (Å²) in [5, 5.41) is 2.15. The zero-order valence-corrected chi connectivity index (χ0v) is 9.85. The fraction of sp³-hybridized carbons (Fsp3) is 1.00. The van der Waals surface area contributed by atoms with Gasteiger partial charge in [0, 0.05) is 11.1 Å². The molecule has 1 heterocycles. The summed E-state index contributed by atoms with van der Waals surface area (Å²) in [6.45, 7) is 11.4. The van der Waals surface area contributed by atoms with Crippen LogP contribution in [0.25, 0.3) is 0 Å². The van der Waals surface area contributed by atoms with Gasteiger partial charge in [-0.1, -0.05) is 14.4 Å². The SMILES string of the molecule is C.CON1C(C)(C)CC(C)CC1(C)C. The zero-order chi connectivity index (χ0) is 10.3. The van der Waals surface area contributed by atoms with Crippen molar-refractivity contribution in [2.24, 2.45) is 5.92 Å². The molecule has 1 fully saturated rings. The molecule has 0 atom stereocenters. The largest absolute Gasteiger partial charge is 0.301 e. The Morgan fingerprint density at radius 3 is 1.71 bits per heavy atom. The maximum Gasteiger partial charge on any atom is 0.0575 e. The smallest absolute Gasteiger partial charge is 0.0575 e. The van der Waals surface area contributed by atoms with Crippen molar-refractivity contribution in [3.05, 3.63) is 0 Å². The van der Waals surface area contributed by atoms with Crippen LogP contribution in [0.3, 0.4) is 0 Å². The predicted octanol–water partition coefficient (Wildman–Crippen LogP) is 3.47. The van der Waals surface area contributed by atoms with Crippen molar-refractivity contribution in [1.29, 1.82) is 0 Å². The Morgan fingerprint density at radius 2 is 1.43 bits per heavy atom. The first kappa shape index (κ1) is 13.9. The van der Waals surface area contributed by atoms with Crippen molar-refractivity contribution in [1.82, 2.24) is 5.06 Å². The van der Waals surface area contributed by atoms with E-state index in [9.17, 15) is 0 Å². The third kappa shape index (κ3) is 2.48. The minimum absolute atomic E-state index is 0. The second kappa shape index (κ2) is 4.19. The van der Waals surface area contributed by atoms with Crippen LogP contribution >= 0.6 is 0 Å². The first-order chi connectivity index (χ1) is 5.79. The van der Waals surface area contributed by atoms with Gasteiger partial charge in [0.15, 0.2) is 0 Å². The van der Waals surface area contributed by atoms with Crippen molar-refractivity contribution >= 4 is 0 Å². The summed E-state index contributed by atoms with van der Waals surface area (Å²) in [5.41, 5.74) is 0.325. The lowest BCUT2D eigenvalue weighted by atomic mass is 9.76. The molecule has 0 unspecified atom stereocenters. The van der Waals surface area contributed by atoms with Crippen molar-refractivity contribution in [3.63, 3.8) is 0 Å². The van der Waals surface area contributed by atoms with Crippen LogP contribution in [0, 0.1) is 5.92 Å². The summed E-state index contributed by atoms with van der Waals surface area (Å²) in [4.78, 5) is 5.50. The third-order valence-electron chi connectivity index (χ3n) is 2.98. The third-order valence-corrected chi connectivity index (χ3v) is 2.98. The fourth-order valence-corrected chi connectivity index (χ4v) is 3.26. The molecule has 0 radical (unpaired) electrons. The van der Waals surface area contributed by atoms with Crippen LogP contribution in [0.5, 0.6) is 0 Å².